The van der Waals surface area contributed by atoms with E-state index in [2.05, 4.69) is 15.6 Å². The first-order valence-electron chi connectivity index (χ1n) is 6.79. The maximum absolute atomic E-state index is 11.9. The van der Waals surface area contributed by atoms with Crippen LogP contribution in [0.1, 0.15) is 31.5 Å². The second-order valence-corrected chi connectivity index (χ2v) is 5.17. The van der Waals surface area contributed by atoms with Crippen LogP contribution in [0.15, 0.2) is 30.5 Å². The quantitative estimate of drug-likeness (QED) is 0.858. The minimum Gasteiger partial charge on any atom is -0.326 e. The van der Waals surface area contributed by atoms with Crippen LogP contribution in [0, 0.1) is 0 Å². The molecule has 0 radical (unpaired) electrons. The van der Waals surface area contributed by atoms with Gasteiger partial charge in [-0.15, -0.1) is 5.10 Å². The number of benzene rings is 1. The van der Waals surface area contributed by atoms with Gasteiger partial charge in [0.1, 0.15) is 0 Å². The van der Waals surface area contributed by atoms with Gasteiger partial charge in [0.25, 0.3) is 0 Å². The lowest BCUT2D eigenvalue weighted by atomic mass is 10.2. The van der Waals surface area contributed by atoms with Gasteiger partial charge < -0.3 is 11.1 Å². The van der Waals surface area contributed by atoms with Crippen molar-refractivity contribution in [2.75, 3.05) is 5.32 Å². The van der Waals surface area contributed by atoms with E-state index in [1.54, 1.807) is 35.1 Å². The fraction of sp³-hybridized carbons (Fsp3) is 0.357. The Bertz CT molecular complexity index is 613. The van der Waals surface area contributed by atoms with E-state index in [9.17, 15) is 4.79 Å². The van der Waals surface area contributed by atoms with E-state index in [-0.39, 0.29) is 11.9 Å². The molecule has 1 heterocycles. The monoisotopic (exact) mass is 307 g/mol. The summed E-state index contributed by atoms with van der Waals surface area (Å²) >= 11 is 5.86. The maximum atomic E-state index is 11.9. The van der Waals surface area contributed by atoms with Crippen LogP contribution < -0.4 is 11.1 Å². The van der Waals surface area contributed by atoms with Crippen molar-refractivity contribution >= 4 is 23.2 Å². The number of nitrogens with one attached hydrogen (secondary N) is 1. The Morgan fingerprint density at radius 3 is 3.05 bits per heavy atom. The molecule has 1 amide bonds. The molecule has 1 unspecified atom stereocenters. The Morgan fingerprint density at radius 1 is 1.52 bits per heavy atom. The summed E-state index contributed by atoms with van der Waals surface area (Å²) in [6.45, 7) is 2.44. The van der Waals surface area contributed by atoms with Gasteiger partial charge in [-0.1, -0.05) is 29.8 Å². The van der Waals surface area contributed by atoms with Gasteiger partial charge in [0.2, 0.25) is 5.91 Å². The van der Waals surface area contributed by atoms with Gasteiger partial charge in [-0.3, -0.25) is 9.48 Å². The first kappa shape index (κ1) is 15.5. The van der Waals surface area contributed by atoms with Crippen molar-refractivity contribution in [2.45, 2.75) is 32.4 Å². The summed E-state index contributed by atoms with van der Waals surface area (Å²) in [7, 11) is 0. The van der Waals surface area contributed by atoms with Crippen LogP contribution in [0.3, 0.4) is 0 Å². The third-order valence-corrected chi connectivity index (χ3v) is 3.29. The Hall–Kier alpha value is -1.92. The molecule has 0 aliphatic heterocycles. The van der Waals surface area contributed by atoms with Crippen molar-refractivity contribution in [3.8, 4) is 0 Å². The molecule has 0 bridgehead atoms. The molecule has 0 spiro atoms. The molecule has 21 heavy (non-hydrogen) atoms. The third-order valence-electron chi connectivity index (χ3n) is 3.05. The number of aromatic nitrogens is 3. The van der Waals surface area contributed by atoms with Crippen LogP contribution >= 0.6 is 11.6 Å². The number of carbonyl (C=O) groups is 1. The second-order valence-electron chi connectivity index (χ2n) is 4.73. The van der Waals surface area contributed by atoms with E-state index in [4.69, 9.17) is 17.3 Å². The number of rotatable bonds is 6. The molecule has 0 fully saturated rings. The lowest BCUT2D eigenvalue weighted by Crippen LogP contribution is -2.14. The average Bonchev–Trinajstić information content (AvgIpc) is 2.93. The smallest absolute Gasteiger partial charge is 0.226 e. The molecule has 1 aromatic heterocycles. The number of carbonyl (C=O) groups excluding carboxylic acids is 1. The summed E-state index contributed by atoms with van der Waals surface area (Å²) < 4.78 is 1.63. The number of halogens is 1. The highest BCUT2D eigenvalue weighted by Crippen LogP contribution is 2.15. The molecule has 6 nitrogen and oxygen atoms in total. The van der Waals surface area contributed by atoms with Gasteiger partial charge in [0.15, 0.2) is 0 Å². The van der Waals surface area contributed by atoms with Crippen LogP contribution in [-0.4, -0.2) is 20.9 Å². The molecule has 112 valence electrons. The normalized spacial score (nSPS) is 12.1. The van der Waals surface area contributed by atoms with Gasteiger partial charge in [0.05, 0.1) is 24.5 Å². The number of nitrogens with two attached hydrogens (primary N) is 1. The van der Waals surface area contributed by atoms with Crippen molar-refractivity contribution in [3.63, 3.8) is 0 Å². The molecule has 1 atom stereocenters. The van der Waals surface area contributed by atoms with Crippen molar-refractivity contribution < 1.29 is 4.79 Å². The molecule has 0 aliphatic carbocycles. The predicted molar refractivity (Wildman–Crippen MR) is 81.9 cm³/mol. The van der Waals surface area contributed by atoms with Crippen molar-refractivity contribution in [1.29, 1.82) is 0 Å². The predicted octanol–water partition coefficient (Wildman–Crippen LogP) is 2.37. The van der Waals surface area contributed by atoms with Crippen LogP contribution in [-0.2, 0) is 11.3 Å². The maximum Gasteiger partial charge on any atom is 0.226 e. The highest BCUT2D eigenvalue weighted by atomic mass is 35.5. The van der Waals surface area contributed by atoms with Crippen LogP contribution in [0.5, 0.6) is 0 Å². The SMILES string of the molecule is CCC(N)c1cn(CCC(=O)Nc2cccc(Cl)c2)nn1. The standard InChI is InChI=1S/C14H18ClN5O/c1-2-12(16)13-9-20(19-18-13)7-6-14(21)17-11-5-3-4-10(15)8-11/h3-5,8-9,12H,2,6-7,16H2,1H3,(H,17,21). The first-order chi connectivity index (χ1) is 10.1. The summed E-state index contributed by atoms with van der Waals surface area (Å²) in [6.07, 6.45) is 2.88. The zero-order chi connectivity index (χ0) is 15.2. The lowest BCUT2D eigenvalue weighted by Gasteiger charge is -2.05. The van der Waals surface area contributed by atoms with Crippen molar-refractivity contribution in [1.82, 2.24) is 15.0 Å². The van der Waals surface area contributed by atoms with E-state index < -0.39 is 0 Å². The number of nitrogens with zero attached hydrogens (tertiary/aromatic N) is 3. The zero-order valence-corrected chi connectivity index (χ0v) is 12.5. The van der Waals surface area contributed by atoms with Crippen LogP contribution in [0.2, 0.25) is 5.02 Å². The van der Waals surface area contributed by atoms with Gasteiger partial charge in [-0.2, -0.15) is 0 Å². The second kappa shape index (κ2) is 7.19. The Kier molecular flexibility index (Phi) is 5.30. The lowest BCUT2D eigenvalue weighted by molar-refractivity contribution is -0.116. The molecule has 0 saturated carbocycles. The number of aryl methyl sites for hydroxylation is 1. The summed E-state index contributed by atoms with van der Waals surface area (Å²) in [5, 5.41) is 11.3. The summed E-state index contributed by atoms with van der Waals surface area (Å²) in [6, 6.07) is 6.92. The van der Waals surface area contributed by atoms with Crippen LogP contribution in [0.4, 0.5) is 5.69 Å². The Labute approximate surface area is 128 Å². The van der Waals surface area contributed by atoms with Crippen LogP contribution in [0.25, 0.3) is 0 Å². The fourth-order valence-electron chi connectivity index (χ4n) is 1.81. The number of amides is 1. The van der Waals surface area contributed by atoms with E-state index in [1.807, 2.05) is 6.92 Å². The zero-order valence-electron chi connectivity index (χ0n) is 11.8. The first-order valence-corrected chi connectivity index (χ1v) is 7.17. The minimum atomic E-state index is -0.112. The molecular weight excluding hydrogens is 290 g/mol. The van der Waals surface area contributed by atoms with Gasteiger partial charge in [-0.05, 0) is 24.6 Å². The molecule has 7 heteroatoms. The van der Waals surface area contributed by atoms with Gasteiger partial charge in [-0.25, -0.2) is 0 Å². The van der Waals surface area contributed by atoms with Crippen molar-refractivity contribution in [2.24, 2.45) is 5.73 Å². The molecule has 2 aromatic rings. The van der Waals surface area contributed by atoms with E-state index >= 15 is 0 Å². The molecule has 1 aromatic carbocycles. The fourth-order valence-corrected chi connectivity index (χ4v) is 2.00. The van der Waals surface area contributed by atoms with E-state index in [1.165, 1.54) is 0 Å². The van der Waals surface area contributed by atoms with Gasteiger partial charge in [0, 0.05) is 17.1 Å². The summed E-state index contributed by atoms with van der Waals surface area (Å²) in [4.78, 5) is 11.9. The number of anilines is 1. The molecule has 0 saturated heterocycles. The number of hydrogen-bond donors (Lipinski definition) is 2. The van der Waals surface area contributed by atoms with Gasteiger partial charge >= 0.3 is 0 Å². The molecule has 0 aliphatic rings. The Morgan fingerprint density at radius 2 is 2.33 bits per heavy atom. The highest BCUT2D eigenvalue weighted by Gasteiger charge is 2.09. The topological polar surface area (TPSA) is 85.8 Å². The third kappa shape index (κ3) is 4.54. The molecule has 3 N–H and O–H groups in total. The van der Waals surface area contributed by atoms with E-state index in [0.29, 0.717) is 23.7 Å². The Balaban J connectivity index is 1.85. The summed E-state index contributed by atoms with van der Waals surface area (Å²) in [5.74, 6) is -0.103. The molecular formula is C14H18ClN5O. The van der Waals surface area contributed by atoms with E-state index in [0.717, 1.165) is 12.1 Å². The largest absolute Gasteiger partial charge is 0.326 e. The average molecular weight is 308 g/mol. The summed E-state index contributed by atoms with van der Waals surface area (Å²) in [5.41, 5.74) is 7.30. The minimum absolute atomic E-state index is 0.103. The molecule has 2 rings (SSSR count). The highest BCUT2D eigenvalue weighted by molar-refractivity contribution is 6.30. The number of hydrogen-bond acceptors (Lipinski definition) is 4. The van der Waals surface area contributed by atoms with Crippen molar-refractivity contribution in [3.05, 3.63) is 41.2 Å².